The monoisotopic (exact) mass is 382 g/mol. The van der Waals surface area contributed by atoms with Crippen LogP contribution >= 0.6 is 15.9 Å². The molecule has 1 amide bonds. The normalized spacial score (nSPS) is 10.3. The lowest BCUT2D eigenvalue weighted by atomic mass is 10.2. The predicted molar refractivity (Wildman–Crippen MR) is 81.9 cm³/mol. The molecule has 0 aliphatic rings. The van der Waals surface area contributed by atoms with E-state index >= 15 is 0 Å². The zero-order valence-electron chi connectivity index (χ0n) is 11.6. The number of nitrogens with zero attached hydrogens (tertiary/aromatic N) is 2. The molecule has 0 bridgehead atoms. The zero-order chi connectivity index (χ0) is 17.0. The number of hydrogen-bond donors (Lipinski definition) is 2. The molecule has 1 aromatic carbocycles. The van der Waals surface area contributed by atoms with E-state index in [1.165, 1.54) is 0 Å². The third kappa shape index (κ3) is 3.92. The third-order valence-corrected chi connectivity index (χ3v) is 3.38. The molecule has 0 unspecified atom stereocenters. The Balaban J connectivity index is 2.03. The van der Waals surface area contributed by atoms with Gasteiger partial charge in [0.15, 0.2) is 5.56 Å². The van der Waals surface area contributed by atoms with E-state index in [1.54, 1.807) is 24.3 Å². The quantitative estimate of drug-likeness (QED) is 0.441. The number of nitrogens with one attached hydrogen (secondary N) is 1. The summed E-state index contributed by atoms with van der Waals surface area (Å²) in [4.78, 5) is 33.1. The molecule has 0 atom stereocenters. The summed E-state index contributed by atoms with van der Waals surface area (Å²) in [6.07, 6.45) is 0.0405. The van der Waals surface area contributed by atoms with Crippen molar-refractivity contribution in [3.63, 3.8) is 0 Å². The van der Waals surface area contributed by atoms with Gasteiger partial charge in [-0.15, -0.1) is 0 Å². The molecule has 0 aliphatic heterocycles. The van der Waals surface area contributed by atoms with Crippen LogP contribution in [-0.2, 0) is 11.2 Å². The lowest BCUT2D eigenvalue weighted by Gasteiger charge is -2.04. The molecule has 0 saturated heterocycles. The Bertz CT molecular complexity index is 773. The lowest BCUT2D eigenvalue weighted by Crippen LogP contribution is -2.16. The predicted octanol–water partition coefficient (Wildman–Crippen LogP) is 1.58. The van der Waals surface area contributed by atoms with E-state index in [1.807, 2.05) is 0 Å². The molecule has 0 fully saturated rings. The molecular formula is C13H11BrN4O5. The van der Waals surface area contributed by atoms with E-state index in [9.17, 15) is 19.7 Å². The third-order valence-electron chi connectivity index (χ3n) is 2.89. The number of benzene rings is 1. The Kier molecular flexibility index (Phi) is 5.06. The summed E-state index contributed by atoms with van der Waals surface area (Å²) in [7, 11) is 0. The van der Waals surface area contributed by atoms with Crippen LogP contribution in [0.2, 0.25) is 0 Å². The average molecular weight is 383 g/mol. The Labute approximate surface area is 138 Å². The Morgan fingerprint density at radius 3 is 2.78 bits per heavy atom. The van der Waals surface area contributed by atoms with E-state index in [0.29, 0.717) is 5.56 Å². The van der Waals surface area contributed by atoms with Crippen molar-refractivity contribution in [3.05, 3.63) is 55.7 Å². The van der Waals surface area contributed by atoms with Gasteiger partial charge >= 0.3 is 11.8 Å². The van der Waals surface area contributed by atoms with Crippen LogP contribution in [-0.4, -0.2) is 33.6 Å². The van der Waals surface area contributed by atoms with Crippen LogP contribution in [0.15, 0.2) is 28.7 Å². The van der Waals surface area contributed by atoms with Gasteiger partial charge < -0.3 is 20.6 Å². The number of rotatable bonds is 6. The standard InChI is InChI=1S/C13H11BrN4O5/c14-8-3-1-2-7(6-8)13(20)23-5-4-9-10(11(15)19)12(17-16-9)18(21)22/h1-3,6H,4-5H2,(H2,15,19)(H,16,17). The largest absolute Gasteiger partial charge is 0.462 e. The highest BCUT2D eigenvalue weighted by atomic mass is 79.9. The minimum absolute atomic E-state index is 0.0405. The van der Waals surface area contributed by atoms with E-state index in [2.05, 4.69) is 26.1 Å². The molecule has 2 rings (SSSR count). The zero-order valence-corrected chi connectivity index (χ0v) is 13.2. The number of esters is 1. The fourth-order valence-electron chi connectivity index (χ4n) is 1.88. The van der Waals surface area contributed by atoms with Crippen LogP contribution < -0.4 is 5.73 Å². The molecule has 120 valence electrons. The molecule has 1 aromatic heterocycles. The van der Waals surface area contributed by atoms with Crippen LogP contribution in [0.4, 0.5) is 5.82 Å². The van der Waals surface area contributed by atoms with Crippen LogP contribution in [0.25, 0.3) is 0 Å². The van der Waals surface area contributed by atoms with Gasteiger partial charge in [-0.1, -0.05) is 22.0 Å². The van der Waals surface area contributed by atoms with Crippen molar-refractivity contribution >= 4 is 33.6 Å². The van der Waals surface area contributed by atoms with Gasteiger partial charge in [0.05, 0.1) is 23.0 Å². The summed E-state index contributed by atoms with van der Waals surface area (Å²) >= 11 is 3.24. The van der Waals surface area contributed by atoms with Crippen molar-refractivity contribution in [1.29, 1.82) is 0 Å². The molecule has 2 aromatic rings. The SMILES string of the molecule is NC(=O)c1c([N+](=O)[O-])n[nH]c1CCOC(=O)c1cccc(Br)c1. The van der Waals surface area contributed by atoms with Crippen molar-refractivity contribution in [3.8, 4) is 0 Å². The molecule has 0 saturated carbocycles. The summed E-state index contributed by atoms with van der Waals surface area (Å²) in [6, 6.07) is 6.63. The van der Waals surface area contributed by atoms with Crippen LogP contribution in [0.5, 0.6) is 0 Å². The van der Waals surface area contributed by atoms with Crippen LogP contribution in [0.3, 0.4) is 0 Å². The van der Waals surface area contributed by atoms with Crippen molar-refractivity contribution in [2.45, 2.75) is 6.42 Å². The average Bonchev–Trinajstić information content (AvgIpc) is 2.91. The highest BCUT2D eigenvalue weighted by Gasteiger charge is 2.27. The molecule has 23 heavy (non-hydrogen) atoms. The minimum Gasteiger partial charge on any atom is -0.462 e. The summed E-state index contributed by atoms with van der Waals surface area (Å²) in [6.45, 7) is -0.0923. The highest BCUT2D eigenvalue weighted by molar-refractivity contribution is 9.10. The number of hydrogen-bond acceptors (Lipinski definition) is 6. The Morgan fingerprint density at radius 1 is 1.43 bits per heavy atom. The van der Waals surface area contributed by atoms with E-state index in [0.717, 1.165) is 4.47 Å². The molecule has 3 N–H and O–H groups in total. The second-order valence-corrected chi connectivity index (χ2v) is 5.33. The van der Waals surface area contributed by atoms with Gasteiger partial charge in [-0.25, -0.2) is 4.79 Å². The number of halogens is 1. The first-order valence-corrected chi connectivity index (χ1v) is 7.13. The maximum absolute atomic E-state index is 11.9. The minimum atomic E-state index is -0.973. The maximum atomic E-state index is 11.9. The Hall–Kier alpha value is -2.75. The number of carbonyl (C=O) groups excluding carboxylic acids is 2. The number of carbonyl (C=O) groups is 2. The lowest BCUT2D eigenvalue weighted by molar-refractivity contribution is -0.389. The number of ether oxygens (including phenoxy) is 1. The number of aromatic amines is 1. The number of primary amides is 1. The molecular weight excluding hydrogens is 372 g/mol. The number of aromatic nitrogens is 2. The maximum Gasteiger partial charge on any atom is 0.402 e. The van der Waals surface area contributed by atoms with Gasteiger partial charge in [-0.3, -0.25) is 4.79 Å². The second kappa shape index (κ2) is 7.01. The van der Waals surface area contributed by atoms with Crippen molar-refractivity contribution < 1.29 is 19.2 Å². The van der Waals surface area contributed by atoms with Crippen molar-refractivity contribution in [1.82, 2.24) is 10.2 Å². The van der Waals surface area contributed by atoms with Gasteiger partial charge in [0.25, 0.3) is 5.91 Å². The topological polar surface area (TPSA) is 141 Å². The van der Waals surface area contributed by atoms with Gasteiger partial charge in [0.1, 0.15) is 0 Å². The number of nitro groups is 1. The fourth-order valence-corrected chi connectivity index (χ4v) is 2.28. The van der Waals surface area contributed by atoms with E-state index in [4.69, 9.17) is 10.5 Å². The summed E-state index contributed by atoms with van der Waals surface area (Å²) in [5.41, 5.74) is 5.31. The van der Waals surface area contributed by atoms with Gasteiger partial charge in [-0.2, -0.15) is 5.10 Å². The van der Waals surface area contributed by atoms with E-state index in [-0.39, 0.29) is 24.3 Å². The molecule has 0 radical (unpaired) electrons. The Morgan fingerprint density at radius 2 is 2.17 bits per heavy atom. The number of H-pyrrole nitrogens is 1. The summed E-state index contributed by atoms with van der Waals surface area (Å²) in [5, 5.41) is 16.6. The van der Waals surface area contributed by atoms with Gasteiger partial charge in [-0.05, 0) is 23.1 Å². The van der Waals surface area contributed by atoms with E-state index < -0.39 is 22.6 Å². The first kappa shape index (κ1) is 16.6. The van der Waals surface area contributed by atoms with Crippen molar-refractivity contribution in [2.75, 3.05) is 6.61 Å². The summed E-state index contributed by atoms with van der Waals surface area (Å²) in [5.74, 6) is -2.18. The number of amides is 1. The smallest absolute Gasteiger partial charge is 0.402 e. The number of nitrogens with two attached hydrogens (primary N) is 1. The van der Waals surface area contributed by atoms with Gasteiger partial charge in [0, 0.05) is 10.9 Å². The molecule has 9 nitrogen and oxygen atoms in total. The second-order valence-electron chi connectivity index (χ2n) is 4.42. The summed E-state index contributed by atoms with van der Waals surface area (Å²) < 4.78 is 5.79. The first-order chi connectivity index (χ1) is 10.9. The fraction of sp³-hybridized carbons (Fsp3) is 0.154. The van der Waals surface area contributed by atoms with Crippen molar-refractivity contribution in [2.24, 2.45) is 5.73 Å². The van der Waals surface area contributed by atoms with Crippen LogP contribution in [0, 0.1) is 10.1 Å². The van der Waals surface area contributed by atoms with Gasteiger partial charge in [0.2, 0.25) is 0 Å². The first-order valence-electron chi connectivity index (χ1n) is 6.34. The highest BCUT2D eigenvalue weighted by Crippen LogP contribution is 2.19. The van der Waals surface area contributed by atoms with Crippen LogP contribution in [0.1, 0.15) is 26.4 Å². The molecule has 1 heterocycles. The molecule has 10 heteroatoms. The molecule has 0 aliphatic carbocycles. The molecule has 0 spiro atoms.